The van der Waals surface area contributed by atoms with Crippen molar-refractivity contribution in [2.24, 2.45) is 5.92 Å². The quantitative estimate of drug-likeness (QED) is 0.314. The van der Waals surface area contributed by atoms with E-state index in [-0.39, 0.29) is 29.1 Å². The number of benzene rings is 1. The van der Waals surface area contributed by atoms with E-state index in [0.29, 0.717) is 36.7 Å². The van der Waals surface area contributed by atoms with Crippen LogP contribution < -0.4 is 4.31 Å². The van der Waals surface area contributed by atoms with Gasteiger partial charge in [0.25, 0.3) is 10.0 Å². The Morgan fingerprint density at radius 1 is 1.21 bits per heavy atom. The molecule has 4 rings (SSSR count). The average Bonchev–Trinajstić information content (AvgIpc) is 3.29. The lowest BCUT2D eigenvalue weighted by molar-refractivity contribution is -0.384. The van der Waals surface area contributed by atoms with Gasteiger partial charge in [-0.05, 0) is 50.8 Å². The summed E-state index contributed by atoms with van der Waals surface area (Å²) in [6.45, 7) is 2.02. The second-order valence-corrected chi connectivity index (χ2v) is 9.68. The van der Waals surface area contributed by atoms with Crippen LogP contribution in [0.3, 0.4) is 0 Å². The highest BCUT2D eigenvalue weighted by Crippen LogP contribution is 2.42. The molecule has 0 radical (unpaired) electrons. The molecule has 1 aliphatic carbocycles. The first kappa shape index (κ1) is 22.7. The number of ether oxygens (including phenoxy) is 1. The number of aromatic nitrogens is 2. The van der Waals surface area contributed by atoms with Crippen LogP contribution in [0.2, 0.25) is 0 Å². The van der Waals surface area contributed by atoms with Gasteiger partial charge in [-0.1, -0.05) is 18.2 Å². The van der Waals surface area contributed by atoms with E-state index < -0.39 is 26.7 Å². The lowest BCUT2D eigenvalue weighted by Crippen LogP contribution is -2.43. The van der Waals surface area contributed by atoms with Gasteiger partial charge in [0.05, 0.1) is 27.7 Å². The molecule has 2 aromatic heterocycles. The largest absolute Gasteiger partial charge is 0.466 e. The highest BCUT2D eigenvalue weighted by atomic mass is 32.2. The topological polar surface area (TPSA) is 135 Å². The van der Waals surface area contributed by atoms with Crippen molar-refractivity contribution in [2.45, 2.75) is 43.5 Å². The van der Waals surface area contributed by atoms with E-state index in [1.807, 2.05) is 0 Å². The average molecular weight is 473 g/mol. The molecule has 1 aromatic carbocycles. The van der Waals surface area contributed by atoms with Gasteiger partial charge in [0.1, 0.15) is 17.5 Å². The summed E-state index contributed by atoms with van der Waals surface area (Å²) >= 11 is 0. The molecule has 0 aliphatic heterocycles. The molecule has 1 saturated carbocycles. The molecule has 0 unspecified atom stereocenters. The maximum Gasteiger partial charge on any atom is 0.312 e. The predicted octanol–water partition coefficient (Wildman–Crippen LogP) is 3.79. The maximum atomic E-state index is 13.9. The second kappa shape index (κ2) is 9.18. The zero-order valence-electron chi connectivity index (χ0n) is 18.0. The van der Waals surface area contributed by atoms with E-state index >= 15 is 0 Å². The molecule has 1 fully saturated rings. The van der Waals surface area contributed by atoms with Crippen LogP contribution in [0.1, 0.15) is 32.6 Å². The summed E-state index contributed by atoms with van der Waals surface area (Å²) in [4.78, 5) is 30.5. The zero-order chi connectivity index (χ0) is 23.6. The molecule has 1 N–H and O–H groups in total. The Balaban J connectivity index is 1.84. The minimum absolute atomic E-state index is 0.0188. The van der Waals surface area contributed by atoms with Crippen molar-refractivity contribution in [3.8, 4) is 0 Å². The summed E-state index contributed by atoms with van der Waals surface area (Å²) in [5, 5.41) is 12.3. The van der Waals surface area contributed by atoms with E-state index in [9.17, 15) is 23.3 Å². The molecule has 0 spiro atoms. The van der Waals surface area contributed by atoms with Crippen LogP contribution in [0.15, 0.2) is 53.7 Å². The number of hydrogen-bond donors (Lipinski definition) is 1. The lowest BCUT2D eigenvalue weighted by atomic mass is 9.86. The lowest BCUT2D eigenvalue weighted by Gasteiger charge is -2.36. The first-order valence-corrected chi connectivity index (χ1v) is 12.1. The molecule has 0 amide bonds. The van der Waals surface area contributed by atoms with Crippen LogP contribution in [-0.2, 0) is 19.6 Å². The molecular weight excluding hydrogens is 448 g/mol. The molecule has 0 atom stereocenters. The molecule has 3 aromatic rings. The minimum atomic E-state index is -4.16. The van der Waals surface area contributed by atoms with E-state index in [2.05, 4.69) is 9.97 Å². The number of esters is 1. The third-order valence-electron chi connectivity index (χ3n) is 5.90. The number of H-pyrrole nitrogens is 1. The number of nitrogens with zero attached hydrogens (tertiary/aromatic N) is 3. The maximum absolute atomic E-state index is 13.9. The number of nitro groups is 1. The van der Waals surface area contributed by atoms with Crippen LogP contribution in [-0.4, -0.2) is 41.9 Å². The van der Waals surface area contributed by atoms with Crippen molar-refractivity contribution in [3.63, 3.8) is 0 Å². The summed E-state index contributed by atoms with van der Waals surface area (Å²) in [5.74, 6) is -0.612. The first-order chi connectivity index (χ1) is 15.8. The molecule has 0 bridgehead atoms. The normalized spacial score (nSPS) is 18.7. The molecule has 0 saturated heterocycles. The number of pyridine rings is 1. The van der Waals surface area contributed by atoms with Gasteiger partial charge in [-0.3, -0.25) is 19.2 Å². The molecule has 1 aliphatic rings. The predicted molar refractivity (Wildman–Crippen MR) is 121 cm³/mol. The summed E-state index contributed by atoms with van der Waals surface area (Å²) < 4.78 is 34.0. The van der Waals surface area contributed by atoms with Crippen LogP contribution in [0, 0.1) is 16.0 Å². The smallest absolute Gasteiger partial charge is 0.312 e. The molecular formula is C22H24N4O6S. The molecule has 2 heterocycles. The molecule has 11 heteroatoms. The van der Waals surface area contributed by atoms with E-state index in [4.69, 9.17) is 4.74 Å². The summed E-state index contributed by atoms with van der Waals surface area (Å²) in [6.07, 6.45) is 4.22. The fourth-order valence-corrected chi connectivity index (χ4v) is 6.12. The van der Waals surface area contributed by atoms with Crippen molar-refractivity contribution >= 4 is 38.4 Å². The van der Waals surface area contributed by atoms with Gasteiger partial charge in [0.2, 0.25) is 0 Å². The van der Waals surface area contributed by atoms with Crippen molar-refractivity contribution in [1.29, 1.82) is 0 Å². The minimum Gasteiger partial charge on any atom is -0.466 e. The SMILES string of the molecule is CCOC(=O)C1CCC(N(c2c([N+](=O)[O-])cnc3[nH]ccc23)S(=O)(=O)c2ccccc2)CC1. The molecule has 33 heavy (non-hydrogen) atoms. The van der Waals surface area contributed by atoms with Crippen LogP contribution in [0.4, 0.5) is 11.4 Å². The Hall–Kier alpha value is -3.47. The van der Waals surface area contributed by atoms with Crippen molar-refractivity contribution in [2.75, 3.05) is 10.9 Å². The van der Waals surface area contributed by atoms with Gasteiger partial charge < -0.3 is 9.72 Å². The number of hydrogen-bond acceptors (Lipinski definition) is 7. The van der Waals surface area contributed by atoms with Crippen LogP contribution in [0.5, 0.6) is 0 Å². The first-order valence-electron chi connectivity index (χ1n) is 10.7. The highest BCUT2D eigenvalue weighted by molar-refractivity contribution is 7.93. The number of nitrogens with one attached hydrogen (secondary N) is 1. The Morgan fingerprint density at radius 3 is 2.55 bits per heavy atom. The number of sulfonamides is 1. The third-order valence-corrected chi connectivity index (χ3v) is 7.77. The Bertz CT molecular complexity index is 1270. The second-order valence-electron chi connectivity index (χ2n) is 7.86. The van der Waals surface area contributed by atoms with Crippen LogP contribution >= 0.6 is 0 Å². The van der Waals surface area contributed by atoms with Gasteiger partial charge >= 0.3 is 11.7 Å². The molecule has 174 valence electrons. The molecule has 10 nitrogen and oxygen atoms in total. The number of anilines is 1. The number of carbonyl (C=O) groups excluding carboxylic acids is 1. The fraction of sp³-hybridized carbons (Fsp3) is 0.364. The van der Waals surface area contributed by atoms with Crippen LogP contribution in [0.25, 0.3) is 11.0 Å². The van der Waals surface area contributed by atoms with E-state index in [0.717, 1.165) is 6.20 Å². The summed E-state index contributed by atoms with van der Waals surface area (Å²) in [5.41, 5.74) is -0.0621. The number of aromatic amines is 1. The standard InChI is InChI=1S/C22H24N4O6S/c1-2-32-22(27)15-8-10-16(11-9-15)25(33(30,31)17-6-4-3-5-7-17)20-18-12-13-23-21(18)24-14-19(20)26(28)29/h3-7,12-16H,2,8-11H2,1H3,(H,23,24). The third kappa shape index (κ3) is 4.28. The number of rotatable bonds is 7. The fourth-order valence-electron chi connectivity index (χ4n) is 4.36. The summed E-state index contributed by atoms with van der Waals surface area (Å²) in [6, 6.07) is 8.86. The monoisotopic (exact) mass is 472 g/mol. The zero-order valence-corrected chi connectivity index (χ0v) is 18.8. The number of fused-ring (bicyclic) bond motifs is 1. The van der Waals surface area contributed by atoms with Gasteiger partial charge in [-0.25, -0.2) is 13.4 Å². The van der Waals surface area contributed by atoms with Crippen molar-refractivity contribution in [1.82, 2.24) is 9.97 Å². The van der Waals surface area contributed by atoms with Crippen molar-refractivity contribution in [3.05, 3.63) is 58.9 Å². The highest BCUT2D eigenvalue weighted by Gasteiger charge is 2.40. The Kier molecular flexibility index (Phi) is 6.32. The summed E-state index contributed by atoms with van der Waals surface area (Å²) in [7, 11) is -4.16. The van der Waals surface area contributed by atoms with Crippen molar-refractivity contribution < 1.29 is 22.9 Å². The van der Waals surface area contributed by atoms with E-state index in [1.165, 1.54) is 16.4 Å². The van der Waals surface area contributed by atoms with Gasteiger partial charge in [-0.15, -0.1) is 0 Å². The van der Waals surface area contributed by atoms with Gasteiger partial charge in [0.15, 0.2) is 0 Å². The number of carbonyl (C=O) groups is 1. The van der Waals surface area contributed by atoms with Gasteiger partial charge in [0, 0.05) is 12.2 Å². The van der Waals surface area contributed by atoms with E-state index in [1.54, 1.807) is 37.4 Å². The Labute approximate surface area is 190 Å². The van der Waals surface area contributed by atoms with Gasteiger partial charge in [-0.2, -0.15) is 0 Å². The Morgan fingerprint density at radius 2 is 1.91 bits per heavy atom.